The van der Waals surface area contributed by atoms with Crippen LogP contribution in [0.4, 0.5) is 0 Å². The molecule has 3 aromatic rings. The zero-order valence-electron chi connectivity index (χ0n) is 19.1. The van der Waals surface area contributed by atoms with E-state index in [1.807, 2.05) is 24.5 Å². The molecule has 2 aromatic carbocycles. The molecule has 1 aromatic heterocycles. The van der Waals surface area contributed by atoms with Crippen molar-refractivity contribution in [2.45, 2.75) is 37.4 Å². The van der Waals surface area contributed by atoms with Gasteiger partial charge >= 0.3 is 0 Å². The minimum absolute atomic E-state index is 0.221. The molecule has 0 saturated carbocycles. The summed E-state index contributed by atoms with van der Waals surface area (Å²) in [6, 6.07) is 24.2. The van der Waals surface area contributed by atoms with Crippen molar-refractivity contribution in [3.05, 3.63) is 101 Å². The number of hydrogen-bond donors (Lipinski definition) is 1. The molecule has 3 heterocycles. The van der Waals surface area contributed by atoms with E-state index in [4.69, 9.17) is 0 Å². The average Bonchev–Trinajstić information content (AvgIpc) is 2.85. The van der Waals surface area contributed by atoms with Gasteiger partial charge < -0.3 is 5.11 Å². The van der Waals surface area contributed by atoms with E-state index in [0.29, 0.717) is 12.0 Å². The molecule has 1 N–H and O–H groups in total. The van der Waals surface area contributed by atoms with Crippen LogP contribution in [0.1, 0.15) is 41.0 Å². The SMILES string of the molecule is OC[C@H]1[C@@H](c2ccc(/C=C/c3ccccc3)cc2)[C@@H]2CN(Cc3cccnc3)CCCCN12. The van der Waals surface area contributed by atoms with Gasteiger partial charge in [0.05, 0.1) is 6.61 Å². The van der Waals surface area contributed by atoms with Crippen LogP contribution >= 0.6 is 0 Å². The van der Waals surface area contributed by atoms with Crippen LogP contribution in [0.5, 0.6) is 0 Å². The van der Waals surface area contributed by atoms with Crippen molar-refractivity contribution in [2.24, 2.45) is 0 Å². The Morgan fingerprint density at radius 3 is 2.36 bits per heavy atom. The van der Waals surface area contributed by atoms with Crippen LogP contribution in [0.2, 0.25) is 0 Å². The highest BCUT2D eigenvalue weighted by atomic mass is 16.3. The van der Waals surface area contributed by atoms with Gasteiger partial charge in [0.1, 0.15) is 0 Å². The number of pyridine rings is 1. The van der Waals surface area contributed by atoms with Gasteiger partial charge in [0.25, 0.3) is 0 Å². The Balaban J connectivity index is 1.31. The van der Waals surface area contributed by atoms with Crippen molar-refractivity contribution in [1.29, 1.82) is 0 Å². The fraction of sp³-hybridized carbons (Fsp3) is 0.345. The maximum absolute atomic E-state index is 10.2. The smallest absolute Gasteiger partial charge is 0.0593 e. The molecule has 2 saturated heterocycles. The molecule has 3 atom stereocenters. The lowest BCUT2D eigenvalue weighted by molar-refractivity contribution is -0.0655. The lowest BCUT2D eigenvalue weighted by Gasteiger charge is -2.57. The molecule has 0 spiro atoms. The molecule has 5 rings (SSSR count). The van der Waals surface area contributed by atoms with Crippen molar-refractivity contribution in [3.63, 3.8) is 0 Å². The van der Waals surface area contributed by atoms with Crippen LogP contribution in [0.3, 0.4) is 0 Å². The van der Waals surface area contributed by atoms with Gasteiger partial charge in [-0.25, -0.2) is 0 Å². The summed E-state index contributed by atoms with van der Waals surface area (Å²) in [6.45, 7) is 4.41. The van der Waals surface area contributed by atoms with Crippen molar-refractivity contribution >= 4 is 12.2 Å². The third kappa shape index (κ3) is 5.09. The zero-order chi connectivity index (χ0) is 22.5. The molecule has 0 unspecified atom stereocenters. The van der Waals surface area contributed by atoms with E-state index >= 15 is 0 Å². The standard InChI is InChI=1S/C29H33N3O/c33-22-28-29(26-14-12-24(13-15-26)11-10-23-7-2-1-3-8-23)27-21-31(17-4-5-18-32(27)28)20-25-9-6-16-30-19-25/h1-3,6-16,19,27-29,33H,4-5,17-18,20-22H2/b11-10+/t27-,28-,29-/m0/s1. The summed E-state index contributed by atoms with van der Waals surface area (Å²) in [5, 5.41) is 10.2. The second-order valence-electron chi connectivity index (χ2n) is 9.30. The number of aliphatic hydroxyl groups excluding tert-OH is 1. The third-order valence-corrected chi connectivity index (χ3v) is 7.17. The second kappa shape index (κ2) is 10.4. The Morgan fingerprint density at radius 2 is 1.64 bits per heavy atom. The van der Waals surface area contributed by atoms with Crippen LogP contribution in [0.15, 0.2) is 79.1 Å². The van der Waals surface area contributed by atoms with Gasteiger partial charge in [-0.2, -0.15) is 0 Å². The van der Waals surface area contributed by atoms with E-state index in [1.165, 1.54) is 35.1 Å². The van der Waals surface area contributed by atoms with Crippen molar-refractivity contribution in [3.8, 4) is 0 Å². The van der Waals surface area contributed by atoms with E-state index in [1.54, 1.807) is 0 Å². The lowest BCUT2D eigenvalue weighted by atomic mass is 9.74. The van der Waals surface area contributed by atoms with Gasteiger partial charge in [-0.15, -0.1) is 0 Å². The van der Waals surface area contributed by atoms with Crippen molar-refractivity contribution in [1.82, 2.24) is 14.8 Å². The predicted molar refractivity (Wildman–Crippen MR) is 135 cm³/mol. The molecule has 4 nitrogen and oxygen atoms in total. The van der Waals surface area contributed by atoms with E-state index in [-0.39, 0.29) is 12.6 Å². The van der Waals surface area contributed by atoms with Gasteiger partial charge in [0.2, 0.25) is 0 Å². The van der Waals surface area contributed by atoms with Crippen LogP contribution in [0.25, 0.3) is 12.2 Å². The monoisotopic (exact) mass is 439 g/mol. The highest BCUT2D eigenvalue weighted by Gasteiger charge is 2.48. The normalized spacial score (nSPS) is 24.1. The molecule has 170 valence electrons. The Labute approximate surface area is 197 Å². The molecule has 0 aliphatic carbocycles. The highest BCUT2D eigenvalue weighted by molar-refractivity contribution is 5.69. The second-order valence-corrected chi connectivity index (χ2v) is 9.30. The maximum atomic E-state index is 10.2. The summed E-state index contributed by atoms with van der Waals surface area (Å²) in [6.07, 6.45) is 10.5. The summed E-state index contributed by atoms with van der Waals surface area (Å²) in [5.41, 5.74) is 5.03. The van der Waals surface area contributed by atoms with E-state index in [9.17, 15) is 5.11 Å². The molecule has 33 heavy (non-hydrogen) atoms. The summed E-state index contributed by atoms with van der Waals surface area (Å²) < 4.78 is 0. The number of aromatic nitrogens is 1. The highest BCUT2D eigenvalue weighted by Crippen LogP contribution is 2.42. The van der Waals surface area contributed by atoms with E-state index < -0.39 is 0 Å². The summed E-state index contributed by atoms with van der Waals surface area (Å²) in [4.78, 5) is 9.41. The largest absolute Gasteiger partial charge is 0.395 e. The summed E-state index contributed by atoms with van der Waals surface area (Å²) >= 11 is 0. The first kappa shape index (κ1) is 22.0. The van der Waals surface area contributed by atoms with Gasteiger partial charge in [-0.1, -0.05) is 72.8 Å². The number of rotatable bonds is 6. The van der Waals surface area contributed by atoms with E-state index in [0.717, 1.165) is 26.2 Å². The number of fused-ring (bicyclic) bond motifs is 1. The third-order valence-electron chi connectivity index (χ3n) is 7.17. The Bertz CT molecular complexity index is 1040. The topological polar surface area (TPSA) is 39.6 Å². The fourth-order valence-electron chi connectivity index (χ4n) is 5.49. The number of aliphatic hydroxyl groups is 1. The number of nitrogens with zero attached hydrogens (tertiary/aromatic N) is 3. The van der Waals surface area contributed by atoms with Crippen LogP contribution < -0.4 is 0 Å². The average molecular weight is 440 g/mol. The first-order valence-electron chi connectivity index (χ1n) is 12.1. The Kier molecular flexibility index (Phi) is 6.96. The molecular formula is C29H33N3O. The predicted octanol–water partition coefficient (Wildman–Crippen LogP) is 4.68. The van der Waals surface area contributed by atoms with Crippen molar-refractivity contribution < 1.29 is 5.11 Å². The Hall–Kier alpha value is -2.79. The van der Waals surface area contributed by atoms with Crippen LogP contribution in [-0.2, 0) is 6.54 Å². The quantitative estimate of drug-likeness (QED) is 0.566. The first-order chi connectivity index (χ1) is 16.3. The van der Waals surface area contributed by atoms with Gasteiger partial charge in [-0.3, -0.25) is 14.8 Å². The molecule has 2 aliphatic rings. The fourth-order valence-corrected chi connectivity index (χ4v) is 5.49. The number of hydrogen-bond acceptors (Lipinski definition) is 4. The molecule has 0 amide bonds. The first-order valence-corrected chi connectivity index (χ1v) is 12.1. The molecule has 0 radical (unpaired) electrons. The minimum Gasteiger partial charge on any atom is -0.395 e. The summed E-state index contributed by atoms with van der Waals surface area (Å²) in [5.74, 6) is 0.372. The lowest BCUT2D eigenvalue weighted by Crippen LogP contribution is -2.67. The van der Waals surface area contributed by atoms with Gasteiger partial charge in [0, 0.05) is 43.5 Å². The molecular weight excluding hydrogens is 406 g/mol. The Morgan fingerprint density at radius 1 is 0.879 bits per heavy atom. The van der Waals surface area contributed by atoms with Gasteiger partial charge in [-0.05, 0) is 54.3 Å². The minimum atomic E-state index is 0.221. The molecule has 2 fully saturated rings. The van der Waals surface area contributed by atoms with E-state index in [2.05, 4.69) is 81.5 Å². The van der Waals surface area contributed by atoms with Gasteiger partial charge in [0.15, 0.2) is 0 Å². The van der Waals surface area contributed by atoms with Crippen molar-refractivity contribution in [2.75, 3.05) is 26.2 Å². The zero-order valence-corrected chi connectivity index (χ0v) is 19.1. The molecule has 2 aliphatic heterocycles. The molecule has 0 bridgehead atoms. The molecule has 4 heteroatoms. The number of benzene rings is 2. The van der Waals surface area contributed by atoms with Crippen LogP contribution in [-0.4, -0.2) is 58.2 Å². The summed E-state index contributed by atoms with van der Waals surface area (Å²) in [7, 11) is 0. The van der Waals surface area contributed by atoms with Crippen LogP contribution in [0, 0.1) is 0 Å². The maximum Gasteiger partial charge on any atom is 0.0593 e.